The number of hydrogen-bond donors (Lipinski definition) is 1. The van der Waals surface area contributed by atoms with E-state index in [1.165, 1.54) is 25.3 Å². The zero-order valence-electron chi connectivity index (χ0n) is 12.7. The molecule has 0 aromatic carbocycles. The zero-order valence-corrected chi connectivity index (χ0v) is 12.7. The molecule has 1 aliphatic rings. The van der Waals surface area contributed by atoms with E-state index in [0.29, 0.717) is 18.0 Å². The minimum absolute atomic E-state index is 0.0618. The monoisotopic (exact) mass is 331 g/mol. The maximum absolute atomic E-state index is 12.1. The average Bonchev–Trinajstić information content (AvgIpc) is 2.52. The van der Waals surface area contributed by atoms with Crippen LogP contribution in [0.2, 0.25) is 0 Å². The van der Waals surface area contributed by atoms with Crippen LogP contribution in [0, 0.1) is 5.92 Å². The van der Waals surface area contributed by atoms with Crippen LogP contribution in [0.5, 0.6) is 5.88 Å². The van der Waals surface area contributed by atoms with Gasteiger partial charge < -0.3 is 10.1 Å². The lowest BCUT2D eigenvalue weighted by Crippen LogP contribution is -2.26. The van der Waals surface area contributed by atoms with Crippen LogP contribution >= 0.6 is 0 Å². The number of nitrogens with one attached hydrogen (secondary N) is 1. The predicted octanol–water partition coefficient (Wildman–Crippen LogP) is 3.00. The highest BCUT2D eigenvalue weighted by Gasteiger charge is 2.28. The first-order valence-corrected chi connectivity index (χ1v) is 7.69. The maximum atomic E-state index is 12.1. The highest BCUT2D eigenvalue weighted by atomic mass is 19.4. The summed E-state index contributed by atoms with van der Waals surface area (Å²) in [4.78, 5) is 19.4. The molecule has 0 aliphatic heterocycles. The number of alkyl halides is 3. The SMILES string of the molecule is O=C(CC1CCCCC1)NCc1cc(OCC(F)(F)F)ncn1. The molecule has 1 aromatic rings. The fraction of sp³-hybridized carbons (Fsp3) is 0.667. The number of carbonyl (C=O) groups excluding carboxylic acids is 1. The van der Waals surface area contributed by atoms with Crippen molar-refractivity contribution in [3.8, 4) is 5.88 Å². The van der Waals surface area contributed by atoms with Gasteiger partial charge in [0.1, 0.15) is 6.33 Å². The highest BCUT2D eigenvalue weighted by molar-refractivity contribution is 5.76. The van der Waals surface area contributed by atoms with Gasteiger partial charge in [-0.15, -0.1) is 0 Å². The van der Waals surface area contributed by atoms with Gasteiger partial charge in [0, 0.05) is 12.5 Å². The summed E-state index contributed by atoms with van der Waals surface area (Å²) in [5.74, 6) is 0.210. The second-order valence-corrected chi connectivity index (χ2v) is 5.74. The molecule has 0 saturated heterocycles. The van der Waals surface area contributed by atoms with Gasteiger partial charge in [-0.05, 0) is 18.8 Å². The Morgan fingerprint density at radius 3 is 2.70 bits per heavy atom. The Morgan fingerprint density at radius 1 is 1.26 bits per heavy atom. The zero-order chi connectivity index (χ0) is 16.7. The molecule has 1 fully saturated rings. The number of rotatable bonds is 6. The highest BCUT2D eigenvalue weighted by Crippen LogP contribution is 2.26. The van der Waals surface area contributed by atoms with Crippen molar-refractivity contribution in [3.05, 3.63) is 18.1 Å². The van der Waals surface area contributed by atoms with Gasteiger partial charge >= 0.3 is 6.18 Å². The summed E-state index contributed by atoms with van der Waals surface area (Å²) < 4.78 is 40.8. The molecule has 1 amide bonds. The normalized spacial score (nSPS) is 16.1. The van der Waals surface area contributed by atoms with Crippen molar-refractivity contribution >= 4 is 5.91 Å². The maximum Gasteiger partial charge on any atom is 0.422 e. The van der Waals surface area contributed by atoms with Gasteiger partial charge in [0.25, 0.3) is 0 Å². The lowest BCUT2D eigenvalue weighted by molar-refractivity contribution is -0.154. The van der Waals surface area contributed by atoms with Crippen LogP contribution in [-0.2, 0) is 11.3 Å². The Kier molecular flexibility index (Phi) is 6.18. The van der Waals surface area contributed by atoms with Gasteiger partial charge in [-0.25, -0.2) is 9.97 Å². The third-order valence-electron chi connectivity index (χ3n) is 3.75. The molecule has 128 valence electrons. The number of carbonyl (C=O) groups is 1. The quantitative estimate of drug-likeness (QED) is 0.870. The van der Waals surface area contributed by atoms with E-state index in [0.717, 1.165) is 19.2 Å². The van der Waals surface area contributed by atoms with E-state index in [1.807, 2.05) is 0 Å². The molecule has 1 aromatic heterocycles. The molecule has 1 aliphatic carbocycles. The minimum Gasteiger partial charge on any atom is -0.468 e. The predicted molar refractivity (Wildman–Crippen MR) is 76.6 cm³/mol. The number of ether oxygens (including phenoxy) is 1. The lowest BCUT2D eigenvalue weighted by Gasteiger charge is -2.20. The van der Waals surface area contributed by atoms with Crippen molar-refractivity contribution in [2.24, 2.45) is 5.92 Å². The van der Waals surface area contributed by atoms with Gasteiger partial charge in [-0.1, -0.05) is 19.3 Å². The van der Waals surface area contributed by atoms with Crippen LogP contribution < -0.4 is 10.1 Å². The average molecular weight is 331 g/mol. The molecule has 0 bridgehead atoms. The summed E-state index contributed by atoms with van der Waals surface area (Å²) in [5, 5.41) is 2.74. The van der Waals surface area contributed by atoms with Crippen LogP contribution in [0.25, 0.3) is 0 Å². The smallest absolute Gasteiger partial charge is 0.422 e. The molecule has 5 nitrogen and oxygen atoms in total. The van der Waals surface area contributed by atoms with Gasteiger partial charge in [0.05, 0.1) is 12.2 Å². The van der Waals surface area contributed by atoms with Gasteiger partial charge in [0.2, 0.25) is 11.8 Å². The van der Waals surface area contributed by atoms with E-state index in [9.17, 15) is 18.0 Å². The summed E-state index contributed by atoms with van der Waals surface area (Å²) in [6.45, 7) is -1.26. The number of amides is 1. The molecule has 1 saturated carbocycles. The Hall–Kier alpha value is -1.86. The van der Waals surface area contributed by atoms with Crippen molar-refractivity contribution < 1.29 is 22.7 Å². The van der Waals surface area contributed by atoms with Gasteiger partial charge in [0.15, 0.2) is 6.61 Å². The summed E-state index contributed by atoms with van der Waals surface area (Å²) in [5.41, 5.74) is 0.411. The largest absolute Gasteiger partial charge is 0.468 e. The van der Waals surface area contributed by atoms with E-state index in [-0.39, 0.29) is 18.3 Å². The Bertz CT molecular complexity index is 517. The second-order valence-electron chi connectivity index (χ2n) is 5.74. The molecule has 23 heavy (non-hydrogen) atoms. The Morgan fingerprint density at radius 2 is 2.00 bits per heavy atom. The van der Waals surface area contributed by atoms with E-state index < -0.39 is 12.8 Å². The van der Waals surface area contributed by atoms with Crippen LogP contribution in [0.1, 0.15) is 44.2 Å². The minimum atomic E-state index is -4.42. The van der Waals surface area contributed by atoms with E-state index in [1.54, 1.807) is 0 Å². The standard InChI is InChI=1S/C15H20F3N3O2/c16-15(17,18)9-23-14-7-12(20-10-21-14)8-19-13(22)6-11-4-2-1-3-5-11/h7,10-11H,1-6,8-9H2,(H,19,22). The van der Waals surface area contributed by atoms with Crippen LogP contribution in [0.4, 0.5) is 13.2 Å². The van der Waals surface area contributed by atoms with Crippen molar-refractivity contribution in [1.82, 2.24) is 15.3 Å². The molecule has 2 rings (SSSR count). The van der Waals surface area contributed by atoms with Crippen molar-refractivity contribution in [1.29, 1.82) is 0 Å². The molecule has 0 spiro atoms. The Balaban J connectivity index is 1.77. The first-order valence-electron chi connectivity index (χ1n) is 7.69. The van der Waals surface area contributed by atoms with Gasteiger partial charge in [-0.2, -0.15) is 13.2 Å². The fourth-order valence-electron chi connectivity index (χ4n) is 2.62. The molecular formula is C15H20F3N3O2. The molecule has 0 unspecified atom stereocenters. The first-order chi connectivity index (χ1) is 10.9. The van der Waals surface area contributed by atoms with Crippen LogP contribution in [-0.4, -0.2) is 28.7 Å². The fourth-order valence-corrected chi connectivity index (χ4v) is 2.62. The van der Waals surface area contributed by atoms with Crippen LogP contribution in [0.15, 0.2) is 12.4 Å². The third kappa shape index (κ3) is 6.83. The van der Waals surface area contributed by atoms with Crippen molar-refractivity contribution in [2.75, 3.05) is 6.61 Å². The van der Waals surface area contributed by atoms with E-state index >= 15 is 0 Å². The number of hydrogen-bond acceptors (Lipinski definition) is 4. The summed E-state index contributed by atoms with van der Waals surface area (Å²) in [6.07, 6.45) is 2.93. The second kappa shape index (κ2) is 8.12. The molecule has 0 radical (unpaired) electrons. The molecule has 1 N–H and O–H groups in total. The van der Waals surface area contributed by atoms with Crippen molar-refractivity contribution in [3.63, 3.8) is 0 Å². The number of nitrogens with zero attached hydrogens (tertiary/aromatic N) is 2. The van der Waals surface area contributed by atoms with E-state index in [4.69, 9.17) is 0 Å². The molecular weight excluding hydrogens is 311 g/mol. The van der Waals surface area contributed by atoms with Gasteiger partial charge in [-0.3, -0.25) is 4.79 Å². The molecule has 0 atom stereocenters. The lowest BCUT2D eigenvalue weighted by atomic mass is 9.87. The Labute approximate surface area is 132 Å². The number of aromatic nitrogens is 2. The topological polar surface area (TPSA) is 64.1 Å². The third-order valence-corrected chi connectivity index (χ3v) is 3.75. The van der Waals surface area contributed by atoms with Crippen LogP contribution in [0.3, 0.4) is 0 Å². The summed E-state index contributed by atoms with van der Waals surface area (Å²) in [7, 11) is 0. The first kappa shape index (κ1) is 17.5. The summed E-state index contributed by atoms with van der Waals surface area (Å²) >= 11 is 0. The number of halogens is 3. The van der Waals surface area contributed by atoms with Crippen molar-refractivity contribution in [2.45, 2.75) is 51.2 Å². The molecule has 1 heterocycles. The summed E-state index contributed by atoms with van der Waals surface area (Å²) in [6, 6.07) is 1.30. The van der Waals surface area contributed by atoms with E-state index in [2.05, 4.69) is 20.0 Å². The molecule has 8 heteroatoms.